The van der Waals surface area contributed by atoms with Crippen molar-refractivity contribution in [2.75, 3.05) is 0 Å². The van der Waals surface area contributed by atoms with Crippen molar-refractivity contribution in [3.63, 3.8) is 0 Å². The molecule has 0 fully saturated rings. The lowest BCUT2D eigenvalue weighted by atomic mass is 10.1. The predicted molar refractivity (Wildman–Crippen MR) is 59.9 cm³/mol. The van der Waals surface area contributed by atoms with Gasteiger partial charge in [0.05, 0.1) is 5.56 Å². The van der Waals surface area contributed by atoms with Crippen molar-refractivity contribution in [2.24, 2.45) is 0 Å². The Morgan fingerprint density at radius 3 is 2.73 bits per heavy atom. The van der Waals surface area contributed by atoms with Gasteiger partial charge >= 0.3 is 0 Å². The Hall–Kier alpha value is -1.51. The van der Waals surface area contributed by atoms with Crippen LogP contribution < -0.4 is 5.32 Å². The number of phenols is 1. The summed E-state index contributed by atoms with van der Waals surface area (Å²) in [7, 11) is 0. The van der Waals surface area contributed by atoms with Crippen LogP contribution in [0, 0.1) is 0 Å². The second-order valence-electron chi connectivity index (χ2n) is 3.68. The highest BCUT2D eigenvalue weighted by atomic mass is 16.3. The van der Waals surface area contributed by atoms with Gasteiger partial charge in [-0.3, -0.25) is 4.79 Å². The Balaban J connectivity index is 2.65. The molecule has 2 N–H and O–H groups in total. The molecule has 82 valence electrons. The lowest BCUT2D eigenvalue weighted by molar-refractivity contribution is 0.0935. The Kier molecular flexibility index (Phi) is 4.16. The minimum Gasteiger partial charge on any atom is -0.507 e. The smallest absolute Gasteiger partial charge is 0.255 e. The number of amides is 1. The van der Waals surface area contributed by atoms with E-state index in [0.29, 0.717) is 5.56 Å². The van der Waals surface area contributed by atoms with Crippen LogP contribution in [0.15, 0.2) is 24.3 Å². The third-order valence-corrected chi connectivity index (χ3v) is 2.25. The topological polar surface area (TPSA) is 49.3 Å². The Morgan fingerprint density at radius 2 is 2.13 bits per heavy atom. The summed E-state index contributed by atoms with van der Waals surface area (Å²) in [6.45, 7) is 4.03. The number of para-hydroxylation sites is 1. The van der Waals surface area contributed by atoms with Crippen molar-refractivity contribution in [1.29, 1.82) is 0 Å². The van der Waals surface area contributed by atoms with E-state index in [2.05, 4.69) is 12.2 Å². The number of carbonyl (C=O) groups excluding carboxylic acids is 1. The van der Waals surface area contributed by atoms with Gasteiger partial charge in [-0.2, -0.15) is 0 Å². The Bertz CT molecular complexity index is 336. The molecule has 0 aromatic heterocycles. The molecule has 0 radical (unpaired) electrons. The number of aromatic hydroxyl groups is 1. The van der Waals surface area contributed by atoms with E-state index in [1.165, 1.54) is 6.07 Å². The van der Waals surface area contributed by atoms with Crippen LogP contribution in [0.2, 0.25) is 0 Å². The maximum atomic E-state index is 11.7. The Morgan fingerprint density at radius 1 is 1.47 bits per heavy atom. The third kappa shape index (κ3) is 3.27. The van der Waals surface area contributed by atoms with E-state index in [4.69, 9.17) is 0 Å². The average Bonchev–Trinajstić information content (AvgIpc) is 2.18. The van der Waals surface area contributed by atoms with Crippen LogP contribution in [-0.2, 0) is 0 Å². The van der Waals surface area contributed by atoms with E-state index in [1.54, 1.807) is 18.2 Å². The van der Waals surface area contributed by atoms with Crippen LogP contribution in [0.5, 0.6) is 5.75 Å². The fourth-order valence-corrected chi connectivity index (χ4v) is 1.47. The average molecular weight is 207 g/mol. The normalized spacial score (nSPS) is 12.1. The number of hydrogen-bond acceptors (Lipinski definition) is 2. The van der Waals surface area contributed by atoms with Crippen molar-refractivity contribution in [1.82, 2.24) is 5.32 Å². The number of carbonyl (C=O) groups is 1. The zero-order chi connectivity index (χ0) is 11.3. The first-order chi connectivity index (χ1) is 7.15. The lowest BCUT2D eigenvalue weighted by Gasteiger charge is -2.13. The molecule has 1 atom stereocenters. The molecule has 1 amide bonds. The van der Waals surface area contributed by atoms with Crippen LogP contribution in [0.25, 0.3) is 0 Å². The van der Waals surface area contributed by atoms with Gasteiger partial charge in [0.1, 0.15) is 5.75 Å². The maximum Gasteiger partial charge on any atom is 0.255 e. The van der Waals surface area contributed by atoms with Crippen molar-refractivity contribution in [3.8, 4) is 5.75 Å². The van der Waals surface area contributed by atoms with Gasteiger partial charge in [-0.25, -0.2) is 0 Å². The largest absolute Gasteiger partial charge is 0.507 e. The summed E-state index contributed by atoms with van der Waals surface area (Å²) in [5, 5.41) is 12.3. The summed E-state index contributed by atoms with van der Waals surface area (Å²) < 4.78 is 0. The van der Waals surface area contributed by atoms with Crippen LogP contribution >= 0.6 is 0 Å². The summed E-state index contributed by atoms with van der Waals surface area (Å²) in [6.07, 6.45) is 1.97. The first-order valence-electron chi connectivity index (χ1n) is 5.24. The summed E-state index contributed by atoms with van der Waals surface area (Å²) in [5.74, 6) is -0.187. The standard InChI is InChI=1S/C12H17NO2/c1-3-6-9(2)13-12(15)10-7-4-5-8-11(10)14/h4-5,7-9,14H,3,6H2,1-2H3,(H,13,15). The molecular weight excluding hydrogens is 190 g/mol. The molecule has 3 nitrogen and oxygen atoms in total. The van der Waals surface area contributed by atoms with Gasteiger partial charge in [-0.1, -0.05) is 25.5 Å². The van der Waals surface area contributed by atoms with Crippen LogP contribution in [-0.4, -0.2) is 17.1 Å². The molecule has 0 saturated carbocycles. The van der Waals surface area contributed by atoms with Crippen molar-refractivity contribution in [3.05, 3.63) is 29.8 Å². The number of nitrogens with one attached hydrogen (secondary N) is 1. The second kappa shape index (κ2) is 5.39. The van der Waals surface area contributed by atoms with Crippen molar-refractivity contribution in [2.45, 2.75) is 32.7 Å². The summed E-state index contributed by atoms with van der Waals surface area (Å²) >= 11 is 0. The minimum absolute atomic E-state index is 0.0266. The number of benzene rings is 1. The van der Waals surface area contributed by atoms with Gasteiger partial charge in [-0.15, -0.1) is 0 Å². The van der Waals surface area contributed by atoms with E-state index in [1.807, 2.05) is 6.92 Å². The van der Waals surface area contributed by atoms with E-state index < -0.39 is 0 Å². The van der Waals surface area contributed by atoms with Gasteiger partial charge in [-0.05, 0) is 25.5 Å². The monoisotopic (exact) mass is 207 g/mol. The van der Waals surface area contributed by atoms with Crippen molar-refractivity contribution < 1.29 is 9.90 Å². The Labute approximate surface area is 90.1 Å². The summed E-state index contributed by atoms with van der Waals surface area (Å²) in [5.41, 5.74) is 0.334. The van der Waals surface area contributed by atoms with E-state index in [9.17, 15) is 9.90 Å². The fraction of sp³-hybridized carbons (Fsp3) is 0.417. The molecule has 0 aliphatic carbocycles. The van der Waals surface area contributed by atoms with Crippen LogP contribution in [0.1, 0.15) is 37.0 Å². The van der Waals surface area contributed by atoms with Gasteiger partial charge in [0.2, 0.25) is 0 Å². The fourth-order valence-electron chi connectivity index (χ4n) is 1.47. The van der Waals surface area contributed by atoms with Crippen molar-refractivity contribution >= 4 is 5.91 Å². The molecule has 0 heterocycles. The number of phenolic OH excluding ortho intramolecular Hbond substituents is 1. The van der Waals surface area contributed by atoms with E-state index in [-0.39, 0.29) is 17.7 Å². The highest BCUT2D eigenvalue weighted by molar-refractivity contribution is 5.96. The molecular formula is C12H17NO2. The summed E-state index contributed by atoms with van der Waals surface area (Å²) in [4.78, 5) is 11.7. The summed E-state index contributed by atoms with van der Waals surface area (Å²) in [6, 6.07) is 6.70. The molecule has 0 spiro atoms. The van der Waals surface area contributed by atoms with Crippen LogP contribution in [0.3, 0.4) is 0 Å². The molecule has 1 aromatic rings. The SMILES string of the molecule is CCCC(C)NC(=O)c1ccccc1O. The molecule has 3 heteroatoms. The molecule has 0 saturated heterocycles. The molecule has 0 aliphatic rings. The highest BCUT2D eigenvalue weighted by Gasteiger charge is 2.11. The maximum absolute atomic E-state index is 11.7. The molecule has 1 aromatic carbocycles. The number of rotatable bonds is 4. The highest BCUT2D eigenvalue weighted by Crippen LogP contribution is 2.15. The molecule has 0 bridgehead atoms. The first-order valence-corrected chi connectivity index (χ1v) is 5.24. The molecule has 0 aliphatic heterocycles. The first kappa shape index (κ1) is 11.6. The number of hydrogen-bond donors (Lipinski definition) is 2. The molecule has 15 heavy (non-hydrogen) atoms. The molecule has 1 rings (SSSR count). The van der Waals surface area contributed by atoms with Gasteiger partial charge in [0, 0.05) is 6.04 Å². The third-order valence-electron chi connectivity index (χ3n) is 2.25. The zero-order valence-electron chi connectivity index (χ0n) is 9.16. The second-order valence-corrected chi connectivity index (χ2v) is 3.68. The predicted octanol–water partition coefficient (Wildman–Crippen LogP) is 2.31. The van der Waals surface area contributed by atoms with Gasteiger partial charge in [0.25, 0.3) is 5.91 Å². The quantitative estimate of drug-likeness (QED) is 0.796. The zero-order valence-corrected chi connectivity index (χ0v) is 9.16. The molecule has 1 unspecified atom stereocenters. The van der Waals surface area contributed by atoms with Crippen LogP contribution in [0.4, 0.5) is 0 Å². The van der Waals surface area contributed by atoms with E-state index >= 15 is 0 Å². The van der Waals surface area contributed by atoms with Gasteiger partial charge < -0.3 is 10.4 Å². The minimum atomic E-state index is -0.214. The van der Waals surface area contributed by atoms with E-state index in [0.717, 1.165) is 12.8 Å². The lowest BCUT2D eigenvalue weighted by Crippen LogP contribution is -2.32. The van der Waals surface area contributed by atoms with Gasteiger partial charge in [0.15, 0.2) is 0 Å².